The molecule has 3 aromatic heterocycles. The number of pyridine rings is 3. The van der Waals surface area contributed by atoms with Gasteiger partial charge < -0.3 is 4.98 Å². The molecule has 12 rings (SSSR count). The van der Waals surface area contributed by atoms with Crippen LogP contribution in [0.3, 0.4) is 0 Å². The van der Waals surface area contributed by atoms with Crippen LogP contribution in [0.1, 0.15) is 137 Å². The molecule has 2 unspecified atom stereocenters. The van der Waals surface area contributed by atoms with Gasteiger partial charge in [-0.2, -0.15) is 78.9 Å². The van der Waals surface area contributed by atoms with Gasteiger partial charge in [0.1, 0.15) is 0 Å². The summed E-state index contributed by atoms with van der Waals surface area (Å²) in [6.45, 7) is 23.0. The van der Waals surface area contributed by atoms with Gasteiger partial charge in [-0.15, -0.1) is 35.9 Å². The van der Waals surface area contributed by atoms with E-state index in [2.05, 4.69) is 177 Å². The average molecular weight is 1430 g/mol. The van der Waals surface area contributed by atoms with Crippen LogP contribution in [0.25, 0.3) is 55.3 Å². The van der Waals surface area contributed by atoms with Crippen molar-refractivity contribution in [1.29, 1.82) is 0 Å². The number of nitrogens with zero attached hydrogens (tertiary/aromatic N) is 3. The molecular weight excluding hydrogens is 1350 g/mol. The SMILES string of the molecule is CCC1=C(CC)C2[C-]=C1Cc1[cH-]c(c(CC)c1CC)CC1[C-]=C(Cc3[cH-]c(c(CC)c3CC)C2)C(CC)=C1CC.Cc1cc(-c2ccccc2)c2ccc3c(-c4ccccc4)cc(C)nc3c2n1.[Ir].[Pt+4].[c-]1ccccc1-c1ccccn1. The van der Waals surface area contributed by atoms with Crippen molar-refractivity contribution in [3.8, 4) is 33.5 Å². The number of hydrogen-bond donors (Lipinski definition) is 0. The number of aromatic nitrogens is 3. The molecule has 6 aromatic carbocycles. The molecule has 2 atom stereocenters. The first-order valence-corrected chi connectivity index (χ1v) is 30.1. The Morgan fingerprint density at radius 2 is 0.902 bits per heavy atom. The molecule has 9 aromatic rings. The number of hydrogen-bond acceptors (Lipinski definition) is 3. The van der Waals surface area contributed by atoms with Crippen molar-refractivity contribution >= 4 is 21.8 Å². The summed E-state index contributed by atoms with van der Waals surface area (Å²) >= 11 is 0. The molecule has 0 saturated heterocycles. The average Bonchev–Trinajstić information content (AvgIpc) is 4.35. The molecule has 82 heavy (non-hydrogen) atoms. The summed E-state index contributed by atoms with van der Waals surface area (Å²) in [5.74, 6) is 0.857. The van der Waals surface area contributed by atoms with Gasteiger partial charge in [-0.25, -0.2) is 11.1 Å². The van der Waals surface area contributed by atoms with Crippen LogP contribution in [0.5, 0.6) is 0 Å². The van der Waals surface area contributed by atoms with Crippen LogP contribution in [0.2, 0.25) is 0 Å². The second-order valence-electron chi connectivity index (χ2n) is 22.0. The Kier molecular flexibility index (Phi) is 21.5. The zero-order valence-corrected chi connectivity index (χ0v) is 54.7. The molecule has 0 N–H and O–H groups in total. The molecule has 8 bridgehead atoms. The Hall–Kier alpha value is -6.15. The maximum absolute atomic E-state index is 4.90. The van der Waals surface area contributed by atoms with Gasteiger partial charge in [-0.1, -0.05) is 229 Å². The summed E-state index contributed by atoms with van der Waals surface area (Å²) in [6, 6.07) is 51.7. The minimum absolute atomic E-state index is 0. The van der Waals surface area contributed by atoms with Crippen molar-refractivity contribution in [3.05, 3.63) is 253 Å². The molecular formula is C77H80IrN3Pt-. The maximum atomic E-state index is 4.90. The molecule has 423 valence electrons. The van der Waals surface area contributed by atoms with Gasteiger partial charge in [-0.05, 0) is 60.0 Å². The first-order valence-electron chi connectivity index (χ1n) is 30.1. The Bertz CT molecular complexity index is 3510. The third kappa shape index (κ3) is 12.8. The molecule has 3 heterocycles. The van der Waals surface area contributed by atoms with Gasteiger partial charge in [0.05, 0.1) is 11.0 Å². The topological polar surface area (TPSA) is 38.7 Å². The van der Waals surface area contributed by atoms with Crippen LogP contribution in [-0.2, 0) is 92.5 Å². The van der Waals surface area contributed by atoms with Crippen molar-refractivity contribution in [3.63, 3.8) is 0 Å². The van der Waals surface area contributed by atoms with Gasteiger partial charge in [0.25, 0.3) is 0 Å². The second kappa shape index (κ2) is 28.4. The molecule has 0 saturated carbocycles. The quantitative estimate of drug-likeness (QED) is 0.0957. The molecule has 0 fully saturated rings. The fraction of sp³-hybridized carbons (Fsp3) is 0.312. The molecule has 5 heteroatoms. The van der Waals surface area contributed by atoms with E-state index in [9.17, 15) is 0 Å². The number of allylic oxidation sites excluding steroid dienone is 8. The Morgan fingerprint density at radius 1 is 0.476 bits per heavy atom. The Labute approximate surface area is 519 Å². The Morgan fingerprint density at radius 3 is 1.28 bits per heavy atom. The fourth-order valence-electron chi connectivity index (χ4n) is 13.9. The number of fused-ring (bicyclic) bond motifs is 9. The first kappa shape index (κ1) is 61.9. The number of rotatable bonds is 11. The van der Waals surface area contributed by atoms with Crippen LogP contribution < -0.4 is 0 Å². The van der Waals surface area contributed by atoms with E-state index in [0.717, 1.165) is 122 Å². The van der Waals surface area contributed by atoms with Crippen LogP contribution in [0.15, 0.2) is 179 Å². The maximum Gasteiger partial charge on any atom is 4.00 e. The van der Waals surface area contributed by atoms with Crippen LogP contribution >= 0.6 is 0 Å². The van der Waals surface area contributed by atoms with Gasteiger partial charge >= 0.3 is 21.1 Å². The third-order valence-corrected chi connectivity index (χ3v) is 17.3. The van der Waals surface area contributed by atoms with Crippen molar-refractivity contribution in [2.45, 2.75) is 146 Å². The van der Waals surface area contributed by atoms with Crippen LogP contribution in [-0.4, -0.2) is 15.0 Å². The predicted octanol–water partition coefficient (Wildman–Crippen LogP) is 19.5. The third-order valence-electron chi connectivity index (χ3n) is 17.3. The van der Waals surface area contributed by atoms with E-state index in [1.54, 1.807) is 73.0 Å². The fourth-order valence-corrected chi connectivity index (χ4v) is 13.9. The van der Waals surface area contributed by atoms with Crippen molar-refractivity contribution < 1.29 is 41.2 Å². The van der Waals surface area contributed by atoms with E-state index in [1.165, 1.54) is 33.4 Å². The largest absolute Gasteiger partial charge is 4.00 e. The summed E-state index contributed by atoms with van der Waals surface area (Å²) in [5.41, 5.74) is 33.1. The van der Waals surface area contributed by atoms with Crippen molar-refractivity contribution in [2.24, 2.45) is 11.8 Å². The van der Waals surface area contributed by atoms with E-state index in [4.69, 9.17) is 9.97 Å². The molecule has 1 radical (unpaired) electrons. The normalized spacial score (nSPS) is 15.5. The van der Waals surface area contributed by atoms with Crippen molar-refractivity contribution in [1.82, 2.24) is 15.0 Å². The van der Waals surface area contributed by atoms with Gasteiger partial charge in [-0.3, -0.25) is 22.1 Å². The summed E-state index contributed by atoms with van der Waals surface area (Å²) in [7, 11) is 0. The zero-order valence-electron chi connectivity index (χ0n) is 50.0. The summed E-state index contributed by atoms with van der Waals surface area (Å²) < 4.78 is 0. The molecule has 3 aliphatic carbocycles. The second-order valence-corrected chi connectivity index (χ2v) is 22.0. The van der Waals surface area contributed by atoms with E-state index in [0.29, 0.717) is 11.8 Å². The summed E-state index contributed by atoms with van der Waals surface area (Å²) in [5, 5.41) is 2.28. The molecule has 3 nitrogen and oxygen atoms in total. The monoisotopic (exact) mass is 1430 g/mol. The first-order chi connectivity index (χ1) is 39.1. The van der Waals surface area contributed by atoms with Crippen molar-refractivity contribution in [2.75, 3.05) is 0 Å². The van der Waals surface area contributed by atoms with E-state index >= 15 is 0 Å². The van der Waals surface area contributed by atoms with Gasteiger partial charge in [0.15, 0.2) is 0 Å². The van der Waals surface area contributed by atoms with Crippen LogP contribution in [0, 0.1) is 43.9 Å². The Balaban J connectivity index is 0.000000181. The number of aryl methyl sites for hydroxylation is 2. The minimum atomic E-state index is 0. The smallest absolute Gasteiger partial charge is 0.305 e. The summed E-state index contributed by atoms with van der Waals surface area (Å²) in [4.78, 5) is 14.0. The van der Waals surface area contributed by atoms with Crippen LogP contribution in [0.4, 0.5) is 0 Å². The standard InChI is InChI=1S/C40H52.C26H20N2.C11H8N.Ir.Pt/c1-9-33-25-17-26(34(33)10-2)22-28-19-30(38(14-6)36(28)12-4)24-32-20-31(39(15-7)40(32)16-8)23-29-18-27(21-25)35(11-3)37(29)13-5;1-17-15-23(19-9-5-3-6-10-19)21-13-14-22-24(20-11-7-4-8-12-20)16-18(2)28-26(22)25(21)27-17;1-2-6-10(7-3-1)11-8-4-5-9-12-11;;/h17,20,27,30H,9-16,21-24H2,1-8H3;3-16H,1-2H3;1-6,8-9H;;/q-4;;-1;;+4. The predicted molar refractivity (Wildman–Crippen MR) is 338 cm³/mol. The number of benzene rings is 4. The molecule has 0 aliphatic heterocycles. The van der Waals surface area contributed by atoms with E-state index < -0.39 is 0 Å². The minimum Gasteiger partial charge on any atom is -0.305 e. The van der Waals surface area contributed by atoms with Gasteiger partial charge in [0.2, 0.25) is 0 Å². The van der Waals surface area contributed by atoms with E-state index in [-0.39, 0.29) is 41.2 Å². The molecule has 0 amide bonds. The summed E-state index contributed by atoms with van der Waals surface area (Å²) in [6.07, 6.45) is 23.4. The molecule has 3 aliphatic rings. The molecule has 0 spiro atoms. The van der Waals surface area contributed by atoms with E-state index in [1.807, 2.05) is 54.6 Å². The van der Waals surface area contributed by atoms with Gasteiger partial charge in [0, 0.05) is 48.5 Å². The zero-order chi connectivity index (χ0) is 55.9.